The monoisotopic (exact) mass is 491 g/mol. The van der Waals surface area contributed by atoms with E-state index in [0.29, 0.717) is 0 Å². The van der Waals surface area contributed by atoms with Crippen LogP contribution in [-0.2, 0) is 47.6 Å². The lowest BCUT2D eigenvalue weighted by Gasteiger charge is -2.44. The lowest BCUT2D eigenvalue weighted by Crippen LogP contribution is -2.63. The molecule has 1 rings (SSSR count). The summed E-state index contributed by atoms with van der Waals surface area (Å²) in [5, 5.41) is 7.74. The number of carbonyl (C=O) groups excluding carboxylic acids is 4. The molecule has 1 saturated heterocycles. The van der Waals surface area contributed by atoms with Crippen LogP contribution in [0.15, 0.2) is 0 Å². The van der Waals surface area contributed by atoms with Gasteiger partial charge in [0.2, 0.25) is 18.3 Å². The minimum Gasteiger partial charge on any atom is -0.463 e. The predicted molar refractivity (Wildman–Crippen MR) is 101 cm³/mol. The van der Waals surface area contributed by atoms with Crippen LogP contribution in [0.4, 0.5) is 0 Å². The fraction of sp³-hybridized carbons (Fsp3) is 0.688. The van der Waals surface area contributed by atoms with Gasteiger partial charge in [0.05, 0.1) is 0 Å². The van der Waals surface area contributed by atoms with Crippen molar-refractivity contribution in [2.24, 2.45) is 0 Å². The summed E-state index contributed by atoms with van der Waals surface area (Å²) in [7, 11) is 0. The maximum Gasteiger partial charge on any atom is 0.303 e. The SMILES string of the molecule is CC(=O)OC[C@@H]1O[C@@H](OC(=N)C(Cl)(Cl)Cl)[C@@H](OC(C)=O)[C@H](OC(C)=O)[C@@H]1OC(C)=O. The topological polar surface area (TPSA) is 148 Å². The number of halogens is 3. The van der Waals surface area contributed by atoms with Crippen molar-refractivity contribution in [2.75, 3.05) is 6.61 Å². The van der Waals surface area contributed by atoms with Gasteiger partial charge in [0, 0.05) is 27.7 Å². The molecule has 0 spiro atoms. The van der Waals surface area contributed by atoms with Crippen molar-refractivity contribution in [3.8, 4) is 0 Å². The Morgan fingerprint density at radius 2 is 1.27 bits per heavy atom. The minimum atomic E-state index is -2.29. The first kappa shape index (κ1) is 26.2. The molecule has 1 heterocycles. The largest absolute Gasteiger partial charge is 0.463 e. The molecule has 0 aliphatic carbocycles. The van der Waals surface area contributed by atoms with E-state index in [1.807, 2.05) is 0 Å². The molecule has 5 atom stereocenters. The number of carbonyl (C=O) groups is 4. The quantitative estimate of drug-likeness (QED) is 0.190. The van der Waals surface area contributed by atoms with Crippen LogP contribution in [0, 0.1) is 5.41 Å². The van der Waals surface area contributed by atoms with Crippen LogP contribution in [0.5, 0.6) is 0 Å². The Bertz CT molecular complexity index is 695. The molecule has 0 aromatic rings. The summed E-state index contributed by atoms with van der Waals surface area (Å²) in [5.41, 5.74) is 0. The molecule has 1 aliphatic heterocycles. The average Bonchev–Trinajstić information content (AvgIpc) is 2.56. The first-order valence-corrected chi connectivity index (χ1v) is 9.48. The molecule has 14 heteroatoms. The number of ether oxygens (including phenoxy) is 6. The van der Waals surface area contributed by atoms with E-state index >= 15 is 0 Å². The van der Waals surface area contributed by atoms with Crippen molar-refractivity contribution in [1.82, 2.24) is 0 Å². The molecule has 11 nitrogen and oxygen atoms in total. The number of rotatable bonds is 6. The van der Waals surface area contributed by atoms with Gasteiger partial charge in [0.25, 0.3) is 3.79 Å². The summed E-state index contributed by atoms with van der Waals surface area (Å²) in [6, 6.07) is 0. The second kappa shape index (κ2) is 11.0. The summed E-state index contributed by atoms with van der Waals surface area (Å²) in [5.74, 6) is -4.03. The number of nitrogens with one attached hydrogen (secondary N) is 1. The third-order valence-electron chi connectivity index (χ3n) is 3.44. The van der Waals surface area contributed by atoms with Gasteiger partial charge in [0.1, 0.15) is 12.7 Å². The Kier molecular flexibility index (Phi) is 9.60. The molecule has 170 valence electrons. The molecule has 0 radical (unpaired) electrons. The molecule has 0 aromatic carbocycles. The Labute approximate surface area is 186 Å². The van der Waals surface area contributed by atoms with E-state index in [2.05, 4.69) is 0 Å². The molecular weight excluding hydrogens is 473 g/mol. The molecule has 1 aliphatic rings. The molecule has 1 fully saturated rings. The Balaban J connectivity index is 3.37. The van der Waals surface area contributed by atoms with Crippen LogP contribution >= 0.6 is 34.8 Å². The lowest BCUT2D eigenvalue weighted by molar-refractivity contribution is -0.292. The van der Waals surface area contributed by atoms with Gasteiger partial charge in [-0.1, -0.05) is 34.8 Å². The maximum absolute atomic E-state index is 11.7. The molecule has 30 heavy (non-hydrogen) atoms. The van der Waals surface area contributed by atoms with Gasteiger partial charge >= 0.3 is 23.9 Å². The summed E-state index contributed by atoms with van der Waals surface area (Å²) in [4.78, 5) is 46.1. The Hall–Kier alpha value is -1.82. The van der Waals surface area contributed by atoms with E-state index in [1.54, 1.807) is 0 Å². The highest BCUT2D eigenvalue weighted by Gasteiger charge is 2.54. The number of alkyl halides is 3. The van der Waals surface area contributed by atoms with Crippen LogP contribution in [-0.4, -0.2) is 70.9 Å². The van der Waals surface area contributed by atoms with E-state index in [-0.39, 0.29) is 0 Å². The lowest BCUT2D eigenvalue weighted by atomic mass is 9.98. The highest BCUT2D eigenvalue weighted by Crippen LogP contribution is 2.33. The average molecular weight is 493 g/mol. The van der Waals surface area contributed by atoms with E-state index < -0.39 is 70.9 Å². The summed E-state index contributed by atoms with van der Waals surface area (Å²) in [6.07, 6.45) is -7.25. The molecule has 0 unspecified atom stereocenters. The normalized spacial score (nSPS) is 26.2. The van der Waals surface area contributed by atoms with Crippen LogP contribution in [0.3, 0.4) is 0 Å². The predicted octanol–water partition coefficient (Wildman–Crippen LogP) is 1.43. The number of hydrogen-bond acceptors (Lipinski definition) is 11. The maximum atomic E-state index is 11.7. The van der Waals surface area contributed by atoms with Gasteiger partial charge in [-0.3, -0.25) is 24.6 Å². The third-order valence-corrected chi connectivity index (χ3v) is 3.95. The highest BCUT2D eigenvalue weighted by atomic mass is 35.6. The van der Waals surface area contributed by atoms with E-state index in [0.717, 1.165) is 27.7 Å². The van der Waals surface area contributed by atoms with Crippen LogP contribution in [0.2, 0.25) is 0 Å². The zero-order chi connectivity index (χ0) is 23.2. The van der Waals surface area contributed by atoms with Crippen molar-refractivity contribution >= 4 is 64.6 Å². The van der Waals surface area contributed by atoms with Gasteiger partial charge in [-0.05, 0) is 0 Å². The fourth-order valence-corrected chi connectivity index (χ4v) is 2.60. The molecular formula is C16H20Cl3NO10. The van der Waals surface area contributed by atoms with Gasteiger partial charge < -0.3 is 28.4 Å². The van der Waals surface area contributed by atoms with Crippen molar-refractivity contribution in [3.05, 3.63) is 0 Å². The van der Waals surface area contributed by atoms with E-state index in [9.17, 15) is 19.2 Å². The minimum absolute atomic E-state index is 0.460. The first-order valence-electron chi connectivity index (χ1n) is 8.35. The Morgan fingerprint density at radius 3 is 1.70 bits per heavy atom. The zero-order valence-electron chi connectivity index (χ0n) is 16.3. The van der Waals surface area contributed by atoms with E-state index in [4.69, 9.17) is 68.6 Å². The van der Waals surface area contributed by atoms with Crippen molar-refractivity contribution in [3.63, 3.8) is 0 Å². The number of hydrogen-bond donors (Lipinski definition) is 1. The molecule has 0 saturated carbocycles. The standard InChI is InChI=1S/C16H20Cl3NO10/c1-6(21)25-5-10-11(26-7(2)22)12(27-8(3)23)13(28-9(4)24)14(29-10)30-15(20)16(17,18)19/h10-14,20H,5H2,1-4H3/t10-,11+,12+,13-,14-/m0/s1. The molecule has 0 aromatic heterocycles. The van der Waals surface area contributed by atoms with E-state index in [1.165, 1.54) is 0 Å². The van der Waals surface area contributed by atoms with Gasteiger partial charge in [-0.25, -0.2) is 0 Å². The second-order valence-corrected chi connectivity index (χ2v) is 8.29. The highest BCUT2D eigenvalue weighted by molar-refractivity contribution is 6.76. The first-order chi connectivity index (χ1) is 13.7. The summed E-state index contributed by atoms with van der Waals surface area (Å²) < 4.78 is 28.9. The summed E-state index contributed by atoms with van der Waals surface area (Å²) in [6.45, 7) is 3.86. The second-order valence-electron chi connectivity index (χ2n) is 6.01. The van der Waals surface area contributed by atoms with Crippen LogP contribution < -0.4 is 0 Å². The molecule has 0 bridgehead atoms. The zero-order valence-corrected chi connectivity index (χ0v) is 18.6. The van der Waals surface area contributed by atoms with Gasteiger partial charge in [-0.2, -0.15) is 0 Å². The smallest absolute Gasteiger partial charge is 0.303 e. The third kappa shape index (κ3) is 8.13. The van der Waals surface area contributed by atoms with Crippen molar-refractivity contribution < 1.29 is 47.6 Å². The van der Waals surface area contributed by atoms with Gasteiger partial charge in [-0.15, -0.1) is 0 Å². The molecule has 0 amide bonds. The molecule has 1 N–H and O–H groups in total. The Morgan fingerprint density at radius 1 is 0.800 bits per heavy atom. The van der Waals surface area contributed by atoms with Crippen LogP contribution in [0.1, 0.15) is 27.7 Å². The number of esters is 4. The van der Waals surface area contributed by atoms with Crippen LogP contribution in [0.25, 0.3) is 0 Å². The summed E-state index contributed by atoms with van der Waals surface area (Å²) >= 11 is 16.8. The van der Waals surface area contributed by atoms with Crippen molar-refractivity contribution in [2.45, 2.75) is 62.2 Å². The fourth-order valence-electron chi connectivity index (χ4n) is 2.47. The van der Waals surface area contributed by atoms with Gasteiger partial charge in [0.15, 0.2) is 12.2 Å². The van der Waals surface area contributed by atoms with Crippen molar-refractivity contribution in [1.29, 1.82) is 5.41 Å².